The van der Waals surface area contributed by atoms with Gasteiger partial charge in [0, 0.05) is 34.0 Å². The van der Waals surface area contributed by atoms with Crippen molar-refractivity contribution in [1.29, 1.82) is 0 Å². The third-order valence-corrected chi connectivity index (χ3v) is 12.6. The molecule has 12 rings (SSSR count). The number of nitrogens with zero attached hydrogens (tertiary/aromatic N) is 2. The van der Waals surface area contributed by atoms with E-state index in [1.165, 1.54) is 16.3 Å². The van der Waals surface area contributed by atoms with Crippen molar-refractivity contribution in [2.75, 3.05) is 9.80 Å². The topological polar surface area (TPSA) is 19.6 Å². The molecule has 0 fully saturated rings. The van der Waals surface area contributed by atoms with Gasteiger partial charge in [-0.05, 0) is 104 Å². The molecule has 0 spiro atoms. The molecule has 3 nitrogen and oxygen atoms in total. The zero-order chi connectivity index (χ0) is 43.1. The van der Waals surface area contributed by atoms with Crippen LogP contribution >= 0.6 is 0 Å². The van der Waals surface area contributed by atoms with Crippen LogP contribution in [0, 0.1) is 0 Å². The van der Waals surface area contributed by atoms with Crippen molar-refractivity contribution < 1.29 is 4.42 Å². The molecule has 11 aromatic carbocycles. The summed E-state index contributed by atoms with van der Waals surface area (Å²) in [6.45, 7) is 0. The third-order valence-electron chi connectivity index (χ3n) is 12.6. The van der Waals surface area contributed by atoms with Crippen molar-refractivity contribution in [1.82, 2.24) is 0 Å². The van der Waals surface area contributed by atoms with Gasteiger partial charge in [-0.2, -0.15) is 0 Å². The Kier molecular flexibility index (Phi) is 9.50. The van der Waals surface area contributed by atoms with Gasteiger partial charge >= 0.3 is 0 Å². The average Bonchev–Trinajstić information content (AvgIpc) is 3.74. The van der Waals surface area contributed by atoms with Crippen LogP contribution in [0.1, 0.15) is 0 Å². The summed E-state index contributed by atoms with van der Waals surface area (Å²) in [7, 11) is 0. The first-order valence-electron chi connectivity index (χ1n) is 22.2. The van der Waals surface area contributed by atoms with Gasteiger partial charge < -0.3 is 14.2 Å². The van der Waals surface area contributed by atoms with Crippen LogP contribution in [0.4, 0.5) is 34.1 Å². The number of hydrogen-bond acceptors (Lipinski definition) is 3. The molecule has 65 heavy (non-hydrogen) atoms. The molecule has 12 aromatic rings. The molecule has 0 amide bonds. The fourth-order valence-corrected chi connectivity index (χ4v) is 9.51. The normalized spacial score (nSPS) is 11.4. The summed E-state index contributed by atoms with van der Waals surface area (Å²) in [5.41, 5.74) is 14.7. The molecule has 0 atom stereocenters. The molecule has 0 unspecified atom stereocenters. The second kappa shape index (κ2) is 16.2. The molecule has 0 aliphatic heterocycles. The van der Waals surface area contributed by atoms with E-state index in [4.69, 9.17) is 4.42 Å². The number of rotatable bonds is 9. The lowest BCUT2D eigenvalue weighted by molar-refractivity contribution is 0.669. The molecule has 0 saturated carbocycles. The Morgan fingerprint density at radius 2 is 0.754 bits per heavy atom. The summed E-state index contributed by atoms with van der Waals surface area (Å²) in [6.07, 6.45) is 0. The number of hydrogen-bond donors (Lipinski definition) is 0. The summed E-state index contributed by atoms with van der Waals surface area (Å²) in [5, 5.41) is 6.83. The van der Waals surface area contributed by atoms with Crippen LogP contribution in [-0.2, 0) is 0 Å². The van der Waals surface area contributed by atoms with Crippen molar-refractivity contribution in [3.05, 3.63) is 255 Å². The number of furan rings is 1. The average molecular weight is 831 g/mol. The lowest BCUT2D eigenvalue weighted by Crippen LogP contribution is -2.15. The maximum absolute atomic E-state index is 7.09. The number of anilines is 6. The first-order chi connectivity index (χ1) is 32.2. The molecule has 0 N–H and O–H groups in total. The van der Waals surface area contributed by atoms with E-state index in [0.717, 1.165) is 94.7 Å². The number of para-hydroxylation sites is 3. The first kappa shape index (κ1) is 38.0. The van der Waals surface area contributed by atoms with Gasteiger partial charge in [0.1, 0.15) is 11.2 Å². The van der Waals surface area contributed by atoms with Crippen molar-refractivity contribution in [3.63, 3.8) is 0 Å². The van der Waals surface area contributed by atoms with Gasteiger partial charge in [-0.15, -0.1) is 0 Å². The Morgan fingerprint density at radius 1 is 0.262 bits per heavy atom. The minimum Gasteiger partial charge on any atom is -0.456 e. The zero-order valence-corrected chi connectivity index (χ0v) is 35.6. The maximum atomic E-state index is 7.09. The lowest BCUT2D eigenvalue weighted by Gasteiger charge is -2.32. The van der Waals surface area contributed by atoms with Crippen LogP contribution in [0.15, 0.2) is 259 Å². The summed E-state index contributed by atoms with van der Waals surface area (Å²) >= 11 is 0. The largest absolute Gasteiger partial charge is 0.456 e. The van der Waals surface area contributed by atoms with Gasteiger partial charge in [0.25, 0.3) is 0 Å². The standard InChI is InChI=1S/C62H42N2O/c1-4-18-43(19-5-1)45-34-36-52(37-35-45)63(57-30-16-14-28-54(57)46-21-6-2-7-22-46)53-41-59(62-56-39-48-24-12-13-25-49(48)40-60(56)65-61(62)42-53)64(51-26-8-3-9-27-51)58-31-17-15-29-55(58)50-33-32-44-20-10-11-23-47(44)38-50/h1-42H. The molecule has 0 saturated heterocycles. The Hall–Kier alpha value is -8.66. The van der Waals surface area contributed by atoms with Crippen LogP contribution in [-0.4, -0.2) is 0 Å². The summed E-state index contributed by atoms with van der Waals surface area (Å²) < 4.78 is 7.09. The third kappa shape index (κ3) is 6.97. The quantitative estimate of drug-likeness (QED) is 0.144. The molecule has 0 radical (unpaired) electrons. The second-order valence-corrected chi connectivity index (χ2v) is 16.5. The van der Waals surface area contributed by atoms with E-state index >= 15 is 0 Å². The fourth-order valence-electron chi connectivity index (χ4n) is 9.51. The molecule has 0 aliphatic rings. The van der Waals surface area contributed by atoms with Crippen LogP contribution in [0.3, 0.4) is 0 Å². The highest BCUT2D eigenvalue weighted by molar-refractivity contribution is 6.18. The Bertz CT molecular complexity index is 3650. The van der Waals surface area contributed by atoms with Gasteiger partial charge in [-0.3, -0.25) is 0 Å². The zero-order valence-electron chi connectivity index (χ0n) is 35.6. The van der Waals surface area contributed by atoms with E-state index in [1.54, 1.807) is 0 Å². The van der Waals surface area contributed by atoms with Gasteiger partial charge in [0.2, 0.25) is 0 Å². The molecular weight excluding hydrogens is 789 g/mol. The minimum atomic E-state index is 0.801. The van der Waals surface area contributed by atoms with Gasteiger partial charge in [-0.25, -0.2) is 0 Å². The Morgan fingerprint density at radius 3 is 1.45 bits per heavy atom. The van der Waals surface area contributed by atoms with Crippen LogP contribution in [0.5, 0.6) is 0 Å². The van der Waals surface area contributed by atoms with Gasteiger partial charge in [-0.1, -0.05) is 188 Å². The lowest BCUT2D eigenvalue weighted by atomic mass is 9.97. The highest BCUT2D eigenvalue weighted by Gasteiger charge is 2.26. The SMILES string of the molecule is c1ccc(-c2ccc(N(c3cc(N(c4ccccc4)c4ccccc4-c4ccc5ccccc5c4)c4c(c3)oc3cc5ccccc5cc34)c3ccccc3-c3ccccc3)cc2)cc1. The van der Waals surface area contributed by atoms with Crippen LogP contribution in [0.2, 0.25) is 0 Å². The van der Waals surface area contributed by atoms with Gasteiger partial charge in [0.05, 0.1) is 28.1 Å². The van der Waals surface area contributed by atoms with Crippen molar-refractivity contribution >= 4 is 77.6 Å². The number of benzene rings is 11. The summed E-state index contributed by atoms with van der Waals surface area (Å²) in [6, 6.07) is 91.4. The van der Waals surface area contributed by atoms with E-state index < -0.39 is 0 Å². The summed E-state index contributed by atoms with van der Waals surface area (Å²) in [4.78, 5) is 4.82. The van der Waals surface area contributed by atoms with E-state index in [0.29, 0.717) is 0 Å². The van der Waals surface area contributed by atoms with E-state index in [2.05, 4.69) is 265 Å². The van der Waals surface area contributed by atoms with E-state index in [1.807, 2.05) is 0 Å². The molecule has 1 aromatic heterocycles. The van der Waals surface area contributed by atoms with Crippen LogP contribution < -0.4 is 9.80 Å². The fraction of sp³-hybridized carbons (Fsp3) is 0. The Labute approximate surface area is 378 Å². The van der Waals surface area contributed by atoms with Crippen molar-refractivity contribution in [2.45, 2.75) is 0 Å². The van der Waals surface area contributed by atoms with E-state index in [9.17, 15) is 0 Å². The van der Waals surface area contributed by atoms with Crippen molar-refractivity contribution in [2.24, 2.45) is 0 Å². The van der Waals surface area contributed by atoms with E-state index in [-0.39, 0.29) is 0 Å². The molecule has 1 heterocycles. The first-order valence-corrected chi connectivity index (χ1v) is 22.2. The highest BCUT2D eigenvalue weighted by Crippen LogP contribution is 2.51. The maximum Gasteiger partial charge on any atom is 0.139 e. The monoisotopic (exact) mass is 830 g/mol. The molecule has 0 aliphatic carbocycles. The second-order valence-electron chi connectivity index (χ2n) is 16.5. The molecule has 306 valence electrons. The summed E-state index contributed by atoms with van der Waals surface area (Å²) in [5.74, 6) is 0. The predicted molar refractivity (Wildman–Crippen MR) is 274 cm³/mol. The van der Waals surface area contributed by atoms with Crippen molar-refractivity contribution in [3.8, 4) is 33.4 Å². The highest BCUT2D eigenvalue weighted by atomic mass is 16.3. The molecule has 3 heteroatoms. The van der Waals surface area contributed by atoms with Crippen LogP contribution in [0.25, 0.3) is 76.9 Å². The predicted octanol–water partition coefficient (Wildman–Crippen LogP) is 17.8. The molecule has 0 bridgehead atoms. The Balaban J connectivity index is 1.16. The smallest absolute Gasteiger partial charge is 0.139 e. The molecular formula is C62H42N2O. The number of fused-ring (bicyclic) bond motifs is 5. The minimum absolute atomic E-state index is 0.801. The van der Waals surface area contributed by atoms with Gasteiger partial charge in [0.15, 0.2) is 0 Å².